The van der Waals surface area contributed by atoms with Gasteiger partial charge in [-0.2, -0.15) is 0 Å². The SMILES string of the molecule is Cc1cccc(C(C)C)c1N1C2CCC1CC(N)C2. The summed E-state index contributed by atoms with van der Waals surface area (Å²) in [5, 5.41) is 0. The predicted molar refractivity (Wildman–Crippen MR) is 81.8 cm³/mol. The number of fused-ring (bicyclic) bond motifs is 2. The van der Waals surface area contributed by atoms with E-state index in [1.807, 2.05) is 0 Å². The number of anilines is 1. The molecule has 2 unspecified atom stereocenters. The lowest BCUT2D eigenvalue weighted by Crippen LogP contribution is -2.48. The summed E-state index contributed by atoms with van der Waals surface area (Å²) in [6, 6.07) is 8.53. The van der Waals surface area contributed by atoms with Crippen LogP contribution in [0.15, 0.2) is 18.2 Å². The van der Waals surface area contributed by atoms with Gasteiger partial charge in [-0.25, -0.2) is 0 Å². The minimum atomic E-state index is 0.417. The first-order valence-electron chi connectivity index (χ1n) is 7.71. The van der Waals surface area contributed by atoms with Gasteiger partial charge in [0.2, 0.25) is 0 Å². The number of rotatable bonds is 2. The molecule has 0 amide bonds. The van der Waals surface area contributed by atoms with Crippen LogP contribution >= 0.6 is 0 Å². The summed E-state index contributed by atoms with van der Waals surface area (Å²) in [5.41, 5.74) is 10.7. The third-order valence-corrected chi connectivity index (χ3v) is 4.92. The molecule has 0 radical (unpaired) electrons. The van der Waals surface area contributed by atoms with Gasteiger partial charge in [-0.15, -0.1) is 0 Å². The Morgan fingerprint density at radius 3 is 2.37 bits per heavy atom. The molecule has 19 heavy (non-hydrogen) atoms. The lowest BCUT2D eigenvalue weighted by atomic mass is 9.92. The van der Waals surface area contributed by atoms with Gasteiger partial charge in [0.15, 0.2) is 0 Å². The summed E-state index contributed by atoms with van der Waals surface area (Å²) in [7, 11) is 0. The highest BCUT2D eigenvalue weighted by Gasteiger charge is 2.40. The van der Waals surface area contributed by atoms with Gasteiger partial charge in [0, 0.05) is 23.8 Å². The second-order valence-corrected chi connectivity index (χ2v) is 6.69. The molecule has 0 aromatic heterocycles. The van der Waals surface area contributed by atoms with E-state index in [2.05, 4.69) is 43.9 Å². The summed E-state index contributed by atoms with van der Waals surface area (Å²) in [6.07, 6.45) is 4.99. The van der Waals surface area contributed by atoms with Gasteiger partial charge in [0.05, 0.1) is 0 Å². The number of aryl methyl sites for hydroxylation is 1. The van der Waals surface area contributed by atoms with Crippen LogP contribution in [0.3, 0.4) is 0 Å². The summed E-state index contributed by atoms with van der Waals surface area (Å²) < 4.78 is 0. The Balaban J connectivity index is 2.03. The van der Waals surface area contributed by atoms with Gasteiger partial charge in [0.25, 0.3) is 0 Å². The van der Waals surface area contributed by atoms with E-state index in [4.69, 9.17) is 5.73 Å². The molecule has 2 aliphatic rings. The number of hydrogen-bond donors (Lipinski definition) is 1. The van der Waals surface area contributed by atoms with Crippen LogP contribution < -0.4 is 10.6 Å². The number of benzene rings is 1. The molecular formula is C17H26N2. The number of piperidine rings is 1. The normalized spacial score (nSPS) is 30.2. The van der Waals surface area contributed by atoms with Crippen LogP contribution in [-0.2, 0) is 0 Å². The molecule has 104 valence electrons. The van der Waals surface area contributed by atoms with Crippen LogP contribution in [0.4, 0.5) is 5.69 Å². The van der Waals surface area contributed by atoms with E-state index >= 15 is 0 Å². The average molecular weight is 258 g/mol. The van der Waals surface area contributed by atoms with Crippen molar-refractivity contribution in [1.82, 2.24) is 0 Å². The summed E-state index contributed by atoms with van der Waals surface area (Å²) in [4.78, 5) is 2.72. The fourth-order valence-electron chi connectivity index (χ4n) is 4.08. The first kappa shape index (κ1) is 13.0. The Kier molecular flexibility index (Phi) is 3.30. The van der Waals surface area contributed by atoms with Gasteiger partial charge < -0.3 is 10.6 Å². The molecule has 2 heteroatoms. The van der Waals surface area contributed by atoms with Crippen LogP contribution in [0.25, 0.3) is 0 Å². The van der Waals surface area contributed by atoms with E-state index in [0.717, 1.165) is 0 Å². The van der Waals surface area contributed by atoms with Gasteiger partial charge in [-0.1, -0.05) is 32.0 Å². The fraction of sp³-hybridized carbons (Fsp3) is 0.647. The Morgan fingerprint density at radius 2 is 1.79 bits per heavy atom. The maximum Gasteiger partial charge on any atom is 0.0436 e. The molecule has 2 heterocycles. The third kappa shape index (κ3) is 2.16. The Morgan fingerprint density at radius 1 is 1.16 bits per heavy atom. The second kappa shape index (κ2) is 4.82. The van der Waals surface area contributed by atoms with Crippen LogP contribution in [0.1, 0.15) is 56.6 Å². The standard InChI is InChI=1S/C17H26N2/c1-11(2)16-6-4-5-12(3)17(16)19-14-7-8-15(19)10-13(18)9-14/h4-6,11,13-15H,7-10,18H2,1-3H3. The highest BCUT2D eigenvalue weighted by Crippen LogP contribution is 2.43. The molecule has 2 atom stereocenters. The van der Waals surface area contributed by atoms with Gasteiger partial charge >= 0.3 is 0 Å². The van der Waals surface area contributed by atoms with Gasteiger partial charge in [-0.3, -0.25) is 0 Å². The highest BCUT2D eigenvalue weighted by atomic mass is 15.2. The first-order valence-corrected chi connectivity index (χ1v) is 7.71. The Hall–Kier alpha value is -1.02. The van der Waals surface area contributed by atoms with Gasteiger partial charge in [0.1, 0.15) is 0 Å². The van der Waals surface area contributed by atoms with Crippen molar-refractivity contribution in [1.29, 1.82) is 0 Å². The summed E-state index contributed by atoms with van der Waals surface area (Å²) >= 11 is 0. The molecule has 1 aromatic rings. The monoisotopic (exact) mass is 258 g/mol. The van der Waals surface area contributed by atoms with Crippen molar-refractivity contribution in [3.8, 4) is 0 Å². The zero-order valence-corrected chi connectivity index (χ0v) is 12.4. The van der Waals surface area contributed by atoms with Crippen molar-refractivity contribution in [2.24, 2.45) is 5.73 Å². The molecule has 2 nitrogen and oxygen atoms in total. The molecule has 0 aliphatic carbocycles. The molecule has 2 aliphatic heterocycles. The summed E-state index contributed by atoms with van der Waals surface area (Å²) in [5.74, 6) is 0.588. The van der Waals surface area contributed by atoms with E-state index in [1.165, 1.54) is 42.5 Å². The lowest BCUT2D eigenvalue weighted by molar-refractivity contribution is 0.413. The molecule has 2 N–H and O–H groups in total. The average Bonchev–Trinajstić information content (AvgIpc) is 2.61. The highest BCUT2D eigenvalue weighted by molar-refractivity contribution is 5.63. The topological polar surface area (TPSA) is 29.3 Å². The molecule has 2 saturated heterocycles. The van der Waals surface area contributed by atoms with Crippen molar-refractivity contribution >= 4 is 5.69 Å². The van der Waals surface area contributed by atoms with E-state index in [9.17, 15) is 0 Å². The Labute approximate surface area is 117 Å². The molecular weight excluding hydrogens is 232 g/mol. The van der Waals surface area contributed by atoms with Crippen molar-refractivity contribution in [3.63, 3.8) is 0 Å². The van der Waals surface area contributed by atoms with Crippen molar-refractivity contribution in [3.05, 3.63) is 29.3 Å². The van der Waals surface area contributed by atoms with Crippen LogP contribution in [0.2, 0.25) is 0 Å². The number of nitrogens with zero attached hydrogens (tertiary/aromatic N) is 1. The van der Waals surface area contributed by atoms with E-state index in [0.29, 0.717) is 24.0 Å². The molecule has 0 spiro atoms. The van der Waals surface area contributed by atoms with E-state index in [-0.39, 0.29) is 0 Å². The van der Waals surface area contributed by atoms with Crippen molar-refractivity contribution in [2.75, 3.05) is 4.90 Å². The largest absolute Gasteiger partial charge is 0.365 e. The number of para-hydroxylation sites is 1. The minimum absolute atomic E-state index is 0.417. The van der Waals surface area contributed by atoms with E-state index < -0.39 is 0 Å². The molecule has 2 fully saturated rings. The number of hydrogen-bond acceptors (Lipinski definition) is 2. The molecule has 0 saturated carbocycles. The third-order valence-electron chi connectivity index (χ3n) is 4.92. The van der Waals surface area contributed by atoms with Crippen LogP contribution in [0, 0.1) is 6.92 Å². The minimum Gasteiger partial charge on any atom is -0.365 e. The van der Waals surface area contributed by atoms with Crippen LogP contribution in [-0.4, -0.2) is 18.1 Å². The fourth-order valence-corrected chi connectivity index (χ4v) is 4.08. The van der Waals surface area contributed by atoms with Crippen molar-refractivity contribution < 1.29 is 0 Å². The zero-order valence-electron chi connectivity index (χ0n) is 12.4. The maximum absolute atomic E-state index is 6.21. The van der Waals surface area contributed by atoms with Gasteiger partial charge in [-0.05, 0) is 49.7 Å². The lowest BCUT2D eigenvalue weighted by Gasteiger charge is -2.41. The second-order valence-electron chi connectivity index (χ2n) is 6.69. The molecule has 1 aromatic carbocycles. The molecule has 3 rings (SSSR count). The van der Waals surface area contributed by atoms with E-state index in [1.54, 1.807) is 0 Å². The Bertz CT molecular complexity index is 452. The van der Waals surface area contributed by atoms with Crippen LogP contribution in [0.5, 0.6) is 0 Å². The summed E-state index contributed by atoms with van der Waals surface area (Å²) in [6.45, 7) is 6.86. The zero-order chi connectivity index (χ0) is 13.6. The quantitative estimate of drug-likeness (QED) is 0.878. The molecule has 2 bridgehead atoms. The first-order chi connectivity index (χ1) is 9.08. The maximum atomic E-state index is 6.21. The predicted octanol–water partition coefficient (Wildman–Crippen LogP) is 3.58. The smallest absolute Gasteiger partial charge is 0.0436 e. The number of nitrogens with two attached hydrogens (primary N) is 1. The van der Waals surface area contributed by atoms with Crippen molar-refractivity contribution in [2.45, 2.75) is 70.5 Å².